The first kappa shape index (κ1) is 26.3. The van der Waals surface area contributed by atoms with Crippen molar-refractivity contribution in [3.05, 3.63) is 86.1 Å². The number of thiazole rings is 1. The largest absolute Gasteiger partial charge is 0.478 e. The number of carboxylic acids is 1. The van der Waals surface area contributed by atoms with Gasteiger partial charge in [-0.05, 0) is 89.1 Å². The number of alkyl halides is 3. The molecule has 0 radical (unpaired) electrons. The van der Waals surface area contributed by atoms with Crippen molar-refractivity contribution in [3.8, 4) is 10.6 Å². The van der Waals surface area contributed by atoms with Crippen molar-refractivity contribution in [2.24, 2.45) is 0 Å². The summed E-state index contributed by atoms with van der Waals surface area (Å²) in [6.07, 6.45) is 0.116. The molecule has 0 aliphatic heterocycles. The normalized spacial score (nSPS) is 17.2. The highest BCUT2D eigenvalue weighted by Gasteiger charge is 2.43. The highest BCUT2D eigenvalue weighted by molar-refractivity contribution is 9.10. The first-order chi connectivity index (χ1) is 18.0. The van der Waals surface area contributed by atoms with Crippen LogP contribution >= 0.6 is 27.3 Å². The van der Waals surface area contributed by atoms with Crippen LogP contribution in [0.25, 0.3) is 10.6 Å². The molecule has 1 unspecified atom stereocenters. The van der Waals surface area contributed by atoms with Gasteiger partial charge in [0.2, 0.25) is 0 Å². The molecule has 0 fully saturated rings. The van der Waals surface area contributed by atoms with Gasteiger partial charge in [-0.3, -0.25) is 0 Å². The second-order valence-electron chi connectivity index (χ2n) is 9.01. The number of pyridine rings is 2. The fraction of sp³-hybridized carbons (Fsp3) is 0.231. The van der Waals surface area contributed by atoms with E-state index >= 15 is 0 Å². The number of halogens is 4. The van der Waals surface area contributed by atoms with E-state index in [4.69, 9.17) is 0 Å². The summed E-state index contributed by atoms with van der Waals surface area (Å²) in [5.41, 5.74) is 0.828. The number of fused-ring (bicyclic) bond motifs is 1. The van der Waals surface area contributed by atoms with Crippen molar-refractivity contribution >= 4 is 44.9 Å². The van der Waals surface area contributed by atoms with Gasteiger partial charge in [0.25, 0.3) is 5.01 Å². The van der Waals surface area contributed by atoms with Crippen molar-refractivity contribution in [3.63, 3.8) is 0 Å². The molecule has 1 atom stereocenters. The molecule has 3 aromatic heterocycles. The summed E-state index contributed by atoms with van der Waals surface area (Å²) >= 11 is 4.76. The number of H-pyrrole nitrogens is 1. The number of aromatic nitrogens is 3. The SMILES string of the molecule is Cc1cc(-c2c[nH+]c(C3(O)CCCc4cc(C(=O)O)ccc43)s2)nc(Nc2cc(C(F)(F)F)ccn2)c1Br. The molecule has 1 aliphatic rings. The van der Waals surface area contributed by atoms with Gasteiger partial charge >= 0.3 is 12.1 Å². The standard InChI is InChI=1S/C26H20BrF3N4O3S/c1-13-9-18(33-22(21(13)27)34-20-11-16(6-8-31-20)26(28,29)30)19-12-32-24(38-19)25(37)7-2-3-14-10-15(23(35)36)4-5-17(14)25/h4-6,8-12,37H,2-3,7H2,1H3,(H,35,36)(H,31,33,34)/p+1. The number of aromatic carboxylic acids is 1. The minimum absolute atomic E-state index is 0.00291. The Morgan fingerprint density at radius 3 is 2.76 bits per heavy atom. The molecule has 0 bridgehead atoms. The number of hydrogen-bond acceptors (Lipinski definition) is 6. The van der Waals surface area contributed by atoms with E-state index in [1.165, 1.54) is 17.4 Å². The summed E-state index contributed by atoms with van der Waals surface area (Å²) in [7, 11) is 0. The molecule has 0 spiro atoms. The van der Waals surface area contributed by atoms with Gasteiger partial charge in [0.05, 0.1) is 21.3 Å². The molecule has 0 saturated carbocycles. The van der Waals surface area contributed by atoms with E-state index in [1.807, 2.05) is 13.0 Å². The summed E-state index contributed by atoms with van der Waals surface area (Å²) < 4.78 is 40.0. The zero-order valence-corrected chi connectivity index (χ0v) is 22.3. The maximum absolute atomic E-state index is 13.1. The minimum atomic E-state index is -4.50. The summed E-state index contributed by atoms with van der Waals surface area (Å²) in [5.74, 6) is -0.727. The molecule has 1 aliphatic carbocycles. The molecular weight excluding hydrogens is 585 g/mol. The molecule has 12 heteroatoms. The lowest BCUT2D eigenvalue weighted by Gasteiger charge is -2.30. The van der Waals surface area contributed by atoms with E-state index in [-0.39, 0.29) is 11.4 Å². The van der Waals surface area contributed by atoms with Crippen molar-refractivity contribution in [2.75, 3.05) is 5.32 Å². The fourth-order valence-corrected chi connectivity index (χ4v) is 5.88. The number of carbonyl (C=O) groups is 1. The maximum atomic E-state index is 13.1. The lowest BCUT2D eigenvalue weighted by molar-refractivity contribution is -0.397. The van der Waals surface area contributed by atoms with Crippen LogP contribution in [0.3, 0.4) is 0 Å². The Morgan fingerprint density at radius 2 is 2.03 bits per heavy atom. The predicted molar refractivity (Wildman–Crippen MR) is 138 cm³/mol. The monoisotopic (exact) mass is 605 g/mol. The Balaban J connectivity index is 1.49. The van der Waals surface area contributed by atoms with Crippen LogP contribution in [-0.2, 0) is 18.2 Å². The lowest BCUT2D eigenvalue weighted by atomic mass is 9.79. The highest BCUT2D eigenvalue weighted by Crippen LogP contribution is 2.43. The average Bonchev–Trinajstić information content (AvgIpc) is 3.37. The third-order valence-electron chi connectivity index (χ3n) is 6.43. The number of nitrogens with zero attached hydrogens (tertiary/aromatic N) is 2. The lowest BCUT2D eigenvalue weighted by Crippen LogP contribution is -2.35. The zero-order valence-electron chi connectivity index (χ0n) is 19.9. The van der Waals surface area contributed by atoms with E-state index < -0.39 is 23.3 Å². The molecule has 0 saturated heterocycles. The van der Waals surface area contributed by atoms with Gasteiger partial charge in [-0.1, -0.05) is 17.4 Å². The topological polar surface area (TPSA) is 109 Å². The molecule has 1 aromatic carbocycles. The number of nitrogens with one attached hydrogen (secondary N) is 2. The van der Waals surface area contributed by atoms with Crippen molar-refractivity contribution < 1.29 is 33.2 Å². The minimum Gasteiger partial charge on any atom is -0.478 e. The summed E-state index contributed by atoms with van der Waals surface area (Å²) in [5, 5.41) is 24.5. The third-order valence-corrected chi connectivity index (χ3v) is 8.64. The first-order valence-electron chi connectivity index (χ1n) is 11.5. The second kappa shape index (κ2) is 9.75. The fourth-order valence-electron chi connectivity index (χ4n) is 4.53. The highest BCUT2D eigenvalue weighted by atomic mass is 79.9. The second-order valence-corrected chi connectivity index (χ2v) is 10.9. The molecule has 0 amide bonds. The molecule has 5 rings (SSSR count). The smallest absolute Gasteiger partial charge is 0.416 e. The van der Waals surface area contributed by atoms with Gasteiger partial charge < -0.3 is 15.5 Å². The van der Waals surface area contributed by atoms with E-state index in [9.17, 15) is 28.2 Å². The Labute approximate surface area is 227 Å². The number of aliphatic hydroxyl groups is 1. The van der Waals surface area contributed by atoms with Crippen molar-refractivity contribution in [2.45, 2.75) is 38.0 Å². The molecule has 4 aromatic rings. The quantitative estimate of drug-likeness (QED) is 0.253. The molecule has 3 heterocycles. The summed E-state index contributed by atoms with van der Waals surface area (Å²) in [6, 6.07) is 8.41. The Hall–Kier alpha value is -3.35. The van der Waals surface area contributed by atoms with Gasteiger partial charge in [0.15, 0.2) is 11.8 Å². The number of benzene rings is 1. The number of aryl methyl sites for hydroxylation is 2. The van der Waals surface area contributed by atoms with Crippen molar-refractivity contribution in [1.82, 2.24) is 9.97 Å². The van der Waals surface area contributed by atoms with Crippen LogP contribution in [-0.4, -0.2) is 26.2 Å². The van der Waals surface area contributed by atoms with Gasteiger partial charge in [-0.25, -0.2) is 19.7 Å². The van der Waals surface area contributed by atoms with Gasteiger partial charge in [0.1, 0.15) is 16.5 Å². The van der Waals surface area contributed by atoms with E-state index in [0.717, 1.165) is 29.5 Å². The van der Waals surface area contributed by atoms with Crippen LogP contribution in [0.5, 0.6) is 0 Å². The molecule has 38 heavy (non-hydrogen) atoms. The van der Waals surface area contributed by atoms with Gasteiger partial charge in [-0.2, -0.15) is 13.2 Å². The number of aromatic amines is 1. The molecular formula is C26H21BrF3N4O3S+. The van der Waals surface area contributed by atoms with Gasteiger partial charge in [0, 0.05) is 6.20 Å². The van der Waals surface area contributed by atoms with Crippen LogP contribution < -0.4 is 10.3 Å². The van der Waals surface area contributed by atoms with Gasteiger partial charge in [-0.15, -0.1) is 0 Å². The summed E-state index contributed by atoms with van der Waals surface area (Å²) in [6.45, 7) is 1.84. The van der Waals surface area contributed by atoms with E-state index in [2.05, 4.69) is 36.2 Å². The number of hydrogen-bond donors (Lipinski definition) is 3. The van der Waals surface area contributed by atoms with Crippen LogP contribution in [0, 0.1) is 6.92 Å². The van der Waals surface area contributed by atoms with Crippen LogP contribution in [0.15, 0.2) is 53.3 Å². The number of rotatable bonds is 5. The maximum Gasteiger partial charge on any atom is 0.416 e. The van der Waals surface area contributed by atoms with E-state index in [0.29, 0.717) is 50.7 Å². The Bertz CT molecular complexity index is 1560. The molecule has 196 valence electrons. The predicted octanol–water partition coefficient (Wildman–Crippen LogP) is 6.12. The van der Waals surface area contributed by atoms with E-state index in [1.54, 1.807) is 18.3 Å². The zero-order chi connectivity index (χ0) is 27.2. The van der Waals surface area contributed by atoms with Crippen LogP contribution in [0.1, 0.15) is 50.5 Å². The average molecular weight is 606 g/mol. The third kappa shape index (κ3) is 4.91. The Kier molecular flexibility index (Phi) is 6.74. The van der Waals surface area contributed by atoms with Crippen molar-refractivity contribution in [1.29, 1.82) is 0 Å². The summed E-state index contributed by atoms with van der Waals surface area (Å²) in [4.78, 5) is 23.9. The number of carboxylic acid groups (broad SMARTS) is 1. The first-order valence-corrected chi connectivity index (χ1v) is 13.2. The molecule has 7 nitrogen and oxygen atoms in total. The number of anilines is 2. The van der Waals surface area contributed by atoms with Crippen LogP contribution in [0.2, 0.25) is 0 Å². The van der Waals surface area contributed by atoms with Crippen LogP contribution in [0.4, 0.5) is 24.8 Å². The molecule has 4 N–H and O–H groups in total. The Morgan fingerprint density at radius 1 is 1.24 bits per heavy atom.